The molecule has 0 aliphatic heterocycles. The smallest absolute Gasteiger partial charge is 0.240 e. The van der Waals surface area contributed by atoms with E-state index in [-0.39, 0.29) is 9.79 Å². The lowest BCUT2D eigenvalue weighted by atomic mass is 10.3. The summed E-state index contributed by atoms with van der Waals surface area (Å²) in [5.74, 6) is 1.43. The topological polar surface area (TPSA) is 128 Å². The molecule has 0 amide bonds. The number of Topliss-reactive ketones (excluding diaryl/α,β-unsaturated/α-hetero) is 1. The number of para-hydroxylation sites is 2. The molecule has 4 aromatic rings. The van der Waals surface area contributed by atoms with Crippen LogP contribution in [0.2, 0.25) is 0 Å². The van der Waals surface area contributed by atoms with Crippen LogP contribution in [0.1, 0.15) is 0 Å². The van der Waals surface area contributed by atoms with Crippen LogP contribution < -0.4 is 18.9 Å². The zero-order valence-electron chi connectivity index (χ0n) is 20.0. The molecule has 0 bridgehead atoms. The van der Waals surface area contributed by atoms with Gasteiger partial charge in [-0.3, -0.25) is 4.79 Å². The molecule has 0 radical (unpaired) electrons. The molecule has 0 aliphatic rings. The molecule has 38 heavy (non-hydrogen) atoms. The minimum Gasteiger partial charge on any atom is -0.457 e. The number of benzene rings is 4. The van der Waals surface area contributed by atoms with E-state index in [4.69, 9.17) is 9.47 Å². The van der Waals surface area contributed by atoms with E-state index in [1.165, 1.54) is 48.5 Å². The standard InChI is InChI=1S/C27H24N2O7S2/c30-21(19-28-37(31,32)26-15-11-24(12-16-26)35-22-7-3-1-4-8-22)20-29-38(33,34)27-17-13-25(14-18-27)36-23-9-5-2-6-10-23/h1-18,28-29H,19-20H2. The van der Waals surface area contributed by atoms with Gasteiger partial charge in [0.1, 0.15) is 23.0 Å². The van der Waals surface area contributed by atoms with Gasteiger partial charge in [-0.05, 0) is 72.8 Å². The van der Waals surface area contributed by atoms with E-state index in [1.54, 1.807) is 24.3 Å². The summed E-state index contributed by atoms with van der Waals surface area (Å²) in [4.78, 5) is 12.1. The summed E-state index contributed by atoms with van der Waals surface area (Å²) < 4.78 is 65.8. The van der Waals surface area contributed by atoms with Crippen molar-refractivity contribution in [1.82, 2.24) is 9.44 Å². The summed E-state index contributed by atoms with van der Waals surface area (Å²) in [6.45, 7) is -1.17. The van der Waals surface area contributed by atoms with Crippen LogP contribution in [-0.2, 0) is 24.8 Å². The number of sulfonamides is 2. The van der Waals surface area contributed by atoms with Gasteiger partial charge in [-0.15, -0.1) is 0 Å². The molecule has 9 nitrogen and oxygen atoms in total. The van der Waals surface area contributed by atoms with Crippen molar-refractivity contribution in [2.75, 3.05) is 13.1 Å². The highest BCUT2D eigenvalue weighted by Gasteiger charge is 2.19. The summed E-state index contributed by atoms with van der Waals surface area (Å²) in [6, 6.07) is 29.4. The molecule has 0 spiro atoms. The molecule has 0 aliphatic carbocycles. The molecule has 4 aromatic carbocycles. The Morgan fingerprint density at radius 2 is 0.816 bits per heavy atom. The average Bonchev–Trinajstić information content (AvgIpc) is 2.93. The maximum absolute atomic E-state index is 12.5. The van der Waals surface area contributed by atoms with Crippen molar-refractivity contribution in [2.24, 2.45) is 0 Å². The second-order valence-electron chi connectivity index (χ2n) is 7.96. The van der Waals surface area contributed by atoms with Crippen molar-refractivity contribution >= 4 is 25.8 Å². The molecule has 11 heteroatoms. The molecule has 196 valence electrons. The zero-order valence-corrected chi connectivity index (χ0v) is 21.6. The summed E-state index contributed by atoms with van der Waals surface area (Å²) >= 11 is 0. The van der Waals surface area contributed by atoms with E-state index in [1.807, 2.05) is 36.4 Å². The van der Waals surface area contributed by atoms with Crippen molar-refractivity contribution < 1.29 is 31.1 Å². The number of hydrogen-bond acceptors (Lipinski definition) is 7. The highest BCUT2D eigenvalue weighted by molar-refractivity contribution is 7.89. The summed E-state index contributed by atoms with van der Waals surface area (Å²) in [5.41, 5.74) is 0. The van der Waals surface area contributed by atoms with Gasteiger partial charge in [0.05, 0.1) is 22.9 Å². The third-order valence-electron chi connectivity index (χ3n) is 5.14. The number of carbonyl (C=O) groups is 1. The Bertz CT molecular complexity index is 1450. The SMILES string of the molecule is O=C(CNS(=O)(=O)c1ccc(Oc2ccccc2)cc1)CNS(=O)(=O)c1ccc(Oc2ccccc2)cc1. The van der Waals surface area contributed by atoms with Crippen molar-refractivity contribution in [3.63, 3.8) is 0 Å². The van der Waals surface area contributed by atoms with E-state index in [0.29, 0.717) is 23.0 Å². The first-order valence-electron chi connectivity index (χ1n) is 11.4. The monoisotopic (exact) mass is 552 g/mol. The third-order valence-corrected chi connectivity index (χ3v) is 7.98. The van der Waals surface area contributed by atoms with Crippen LogP contribution in [-0.4, -0.2) is 35.7 Å². The van der Waals surface area contributed by atoms with Gasteiger partial charge in [0.15, 0.2) is 5.78 Å². The highest BCUT2D eigenvalue weighted by atomic mass is 32.2. The van der Waals surface area contributed by atoms with Gasteiger partial charge in [-0.2, -0.15) is 0 Å². The Morgan fingerprint density at radius 3 is 1.16 bits per heavy atom. The minimum atomic E-state index is -4.00. The molecule has 4 rings (SSSR count). The summed E-state index contributed by atoms with van der Waals surface area (Å²) in [6.07, 6.45) is 0. The normalized spacial score (nSPS) is 11.6. The number of ether oxygens (including phenoxy) is 2. The molecular formula is C27H24N2O7S2. The number of carbonyl (C=O) groups excluding carboxylic acids is 1. The van der Waals surface area contributed by atoms with Gasteiger partial charge in [-0.25, -0.2) is 26.3 Å². The zero-order chi connectivity index (χ0) is 27.0. The number of hydrogen-bond donors (Lipinski definition) is 2. The number of ketones is 1. The van der Waals surface area contributed by atoms with E-state index in [2.05, 4.69) is 9.44 Å². The molecule has 0 fully saturated rings. The van der Waals surface area contributed by atoms with Gasteiger partial charge in [-0.1, -0.05) is 36.4 Å². The molecule has 0 unspecified atom stereocenters. The molecule has 0 heterocycles. The van der Waals surface area contributed by atoms with Crippen molar-refractivity contribution in [1.29, 1.82) is 0 Å². The number of rotatable bonds is 12. The first kappa shape index (κ1) is 27.0. The van der Waals surface area contributed by atoms with Crippen LogP contribution >= 0.6 is 0 Å². The van der Waals surface area contributed by atoms with E-state index < -0.39 is 38.9 Å². The average molecular weight is 553 g/mol. The highest BCUT2D eigenvalue weighted by Crippen LogP contribution is 2.23. The van der Waals surface area contributed by atoms with E-state index in [9.17, 15) is 21.6 Å². The van der Waals surface area contributed by atoms with Crippen LogP contribution in [0, 0.1) is 0 Å². The van der Waals surface area contributed by atoms with Crippen molar-refractivity contribution in [3.05, 3.63) is 109 Å². The first-order chi connectivity index (χ1) is 18.2. The van der Waals surface area contributed by atoms with Crippen LogP contribution in [0.4, 0.5) is 0 Å². The van der Waals surface area contributed by atoms with Gasteiger partial charge in [0.25, 0.3) is 0 Å². The molecule has 2 N–H and O–H groups in total. The fourth-order valence-corrected chi connectivity index (χ4v) is 5.23. The molecule has 0 atom stereocenters. The van der Waals surface area contributed by atoms with Gasteiger partial charge in [0.2, 0.25) is 20.0 Å². The lowest BCUT2D eigenvalue weighted by molar-refractivity contribution is -0.116. The Balaban J connectivity index is 1.27. The second kappa shape index (κ2) is 12.0. The molecule has 0 saturated heterocycles. The van der Waals surface area contributed by atoms with E-state index >= 15 is 0 Å². The Labute approximate surface area is 221 Å². The minimum absolute atomic E-state index is 0.0656. The molecular weight excluding hydrogens is 528 g/mol. The van der Waals surface area contributed by atoms with Crippen molar-refractivity contribution in [3.8, 4) is 23.0 Å². The third kappa shape index (κ3) is 7.49. The maximum Gasteiger partial charge on any atom is 0.240 e. The number of nitrogens with one attached hydrogen (secondary N) is 2. The molecule has 0 aromatic heterocycles. The van der Waals surface area contributed by atoms with Gasteiger partial charge < -0.3 is 9.47 Å². The maximum atomic E-state index is 12.5. The molecule has 0 saturated carbocycles. The van der Waals surface area contributed by atoms with Crippen LogP contribution in [0.15, 0.2) is 119 Å². The lowest BCUT2D eigenvalue weighted by Crippen LogP contribution is -2.36. The van der Waals surface area contributed by atoms with Crippen LogP contribution in [0.3, 0.4) is 0 Å². The second-order valence-corrected chi connectivity index (χ2v) is 11.5. The predicted molar refractivity (Wildman–Crippen MR) is 141 cm³/mol. The summed E-state index contributed by atoms with van der Waals surface area (Å²) in [7, 11) is -8.00. The Morgan fingerprint density at radius 1 is 0.500 bits per heavy atom. The fourth-order valence-electron chi connectivity index (χ4n) is 3.20. The fraction of sp³-hybridized carbons (Fsp3) is 0.0741. The largest absolute Gasteiger partial charge is 0.457 e. The van der Waals surface area contributed by atoms with E-state index in [0.717, 1.165) is 0 Å². The predicted octanol–water partition coefficient (Wildman–Crippen LogP) is 4.10. The van der Waals surface area contributed by atoms with Crippen LogP contribution in [0.5, 0.6) is 23.0 Å². The van der Waals surface area contributed by atoms with Crippen LogP contribution in [0.25, 0.3) is 0 Å². The quantitative estimate of drug-likeness (QED) is 0.271. The summed E-state index contributed by atoms with van der Waals surface area (Å²) in [5, 5.41) is 0. The first-order valence-corrected chi connectivity index (χ1v) is 14.3. The Hall–Kier alpha value is -4.03. The Kier molecular flexibility index (Phi) is 8.54. The van der Waals surface area contributed by atoms with Crippen molar-refractivity contribution in [2.45, 2.75) is 9.79 Å². The van der Waals surface area contributed by atoms with Gasteiger partial charge in [0, 0.05) is 0 Å². The van der Waals surface area contributed by atoms with Gasteiger partial charge >= 0.3 is 0 Å². The lowest BCUT2D eigenvalue weighted by Gasteiger charge is -2.10.